The second kappa shape index (κ2) is 6.43. The standard InChI is InChI=1S/C16H17N3O3/c1-12-8-16(20)22-15-9-13(4-5-14(12)15)21-7-3-2-6-19-11-17-10-18-19/h4-5,8-11H,2-3,6-7H2,1H3/p+1. The molecular formula is C16H18N3O3+. The molecule has 1 N–H and O–H groups in total. The number of ether oxygens (including phenoxy) is 1. The van der Waals surface area contributed by atoms with Crippen molar-refractivity contribution in [2.24, 2.45) is 0 Å². The van der Waals surface area contributed by atoms with Gasteiger partial charge < -0.3 is 9.15 Å². The highest BCUT2D eigenvalue weighted by atomic mass is 16.5. The highest BCUT2D eigenvalue weighted by Crippen LogP contribution is 2.22. The van der Waals surface area contributed by atoms with E-state index in [9.17, 15) is 4.79 Å². The van der Waals surface area contributed by atoms with Crippen LogP contribution in [0.1, 0.15) is 18.4 Å². The van der Waals surface area contributed by atoms with Gasteiger partial charge in [0.15, 0.2) is 0 Å². The fraction of sp³-hybridized carbons (Fsp3) is 0.312. The molecule has 0 unspecified atom stereocenters. The fourth-order valence-electron chi connectivity index (χ4n) is 2.35. The number of rotatable bonds is 6. The average Bonchev–Trinajstić information content (AvgIpc) is 2.99. The lowest BCUT2D eigenvalue weighted by Gasteiger charge is -2.07. The molecule has 0 aliphatic heterocycles. The molecule has 0 saturated carbocycles. The molecule has 0 amide bonds. The summed E-state index contributed by atoms with van der Waals surface area (Å²) in [7, 11) is 0. The highest BCUT2D eigenvalue weighted by molar-refractivity contribution is 5.81. The molecule has 0 aliphatic rings. The molecule has 0 bridgehead atoms. The topological polar surface area (TPSA) is 72.0 Å². The first-order valence-electron chi connectivity index (χ1n) is 7.27. The van der Waals surface area contributed by atoms with Gasteiger partial charge in [0.25, 0.3) is 0 Å². The van der Waals surface area contributed by atoms with Crippen LogP contribution in [0.3, 0.4) is 0 Å². The van der Waals surface area contributed by atoms with Crippen molar-refractivity contribution in [2.45, 2.75) is 26.3 Å². The summed E-state index contributed by atoms with van der Waals surface area (Å²) < 4.78 is 12.8. The molecule has 2 heterocycles. The molecular weight excluding hydrogens is 282 g/mol. The van der Waals surface area contributed by atoms with Gasteiger partial charge in [0.2, 0.25) is 6.33 Å². The van der Waals surface area contributed by atoms with E-state index in [2.05, 4.69) is 10.1 Å². The van der Waals surface area contributed by atoms with Crippen molar-refractivity contribution < 1.29 is 13.8 Å². The number of aromatic nitrogens is 3. The predicted octanol–water partition coefficient (Wildman–Crippen LogP) is 1.97. The monoisotopic (exact) mass is 300 g/mol. The lowest BCUT2D eigenvalue weighted by Crippen LogP contribution is -2.34. The molecule has 0 atom stereocenters. The first kappa shape index (κ1) is 14.3. The van der Waals surface area contributed by atoms with Gasteiger partial charge in [-0.25, -0.2) is 4.79 Å². The van der Waals surface area contributed by atoms with Crippen molar-refractivity contribution in [3.05, 3.63) is 52.9 Å². The number of hydrogen-bond donors (Lipinski definition) is 1. The van der Waals surface area contributed by atoms with Crippen molar-refractivity contribution in [1.29, 1.82) is 0 Å². The van der Waals surface area contributed by atoms with Gasteiger partial charge in [-0.15, -0.1) is 0 Å². The predicted molar refractivity (Wildman–Crippen MR) is 80.7 cm³/mol. The SMILES string of the molecule is Cc1cc(=O)oc2cc(OCCCC[n+]3cnc[nH]3)ccc12. The minimum atomic E-state index is -0.335. The van der Waals surface area contributed by atoms with Gasteiger partial charge in [-0.2, -0.15) is 9.78 Å². The van der Waals surface area contributed by atoms with Crippen molar-refractivity contribution >= 4 is 11.0 Å². The van der Waals surface area contributed by atoms with Gasteiger partial charge in [0.1, 0.15) is 17.9 Å². The molecule has 1 aromatic carbocycles. The zero-order valence-electron chi connectivity index (χ0n) is 12.4. The molecule has 3 rings (SSSR count). The van der Waals surface area contributed by atoms with Crippen LogP contribution < -0.4 is 15.0 Å². The maximum absolute atomic E-state index is 11.4. The molecule has 6 nitrogen and oxygen atoms in total. The van der Waals surface area contributed by atoms with Crippen LogP contribution in [0.25, 0.3) is 11.0 Å². The quantitative estimate of drug-likeness (QED) is 0.429. The smallest absolute Gasteiger partial charge is 0.336 e. The van der Waals surface area contributed by atoms with Crippen molar-refractivity contribution in [2.75, 3.05) is 6.61 Å². The number of aryl methyl sites for hydroxylation is 2. The summed E-state index contributed by atoms with van der Waals surface area (Å²) in [6, 6.07) is 7.09. The van der Waals surface area contributed by atoms with Gasteiger partial charge in [-0.3, -0.25) is 0 Å². The number of hydrogen-bond acceptors (Lipinski definition) is 4. The van der Waals surface area contributed by atoms with Crippen LogP contribution in [-0.4, -0.2) is 16.7 Å². The van der Waals surface area contributed by atoms with E-state index in [1.807, 2.05) is 23.7 Å². The summed E-state index contributed by atoms with van der Waals surface area (Å²) in [5.41, 5.74) is 1.14. The maximum Gasteiger partial charge on any atom is 0.336 e. The molecule has 0 aliphatic carbocycles. The summed E-state index contributed by atoms with van der Waals surface area (Å²) in [5.74, 6) is 0.718. The molecule has 0 fully saturated rings. The first-order valence-corrected chi connectivity index (χ1v) is 7.27. The number of benzene rings is 1. The second-order valence-corrected chi connectivity index (χ2v) is 5.18. The average molecular weight is 300 g/mol. The Morgan fingerprint density at radius 1 is 1.32 bits per heavy atom. The van der Waals surface area contributed by atoms with Gasteiger partial charge in [-0.05, 0) is 42.4 Å². The Labute approximate surface area is 127 Å². The van der Waals surface area contributed by atoms with E-state index in [4.69, 9.17) is 9.15 Å². The number of aromatic amines is 1. The Morgan fingerprint density at radius 3 is 3.05 bits per heavy atom. The van der Waals surface area contributed by atoms with E-state index in [1.165, 1.54) is 6.07 Å². The summed E-state index contributed by atoms with van der Waals surface area (Å²) in [4.78, 5) is 15.4. The molecule has 22 heavy (non-hydrogen) atoms. The van der Waals surface area contributed by atoms with E-state index >= 15 is 0 Å². The van der Waals surface area contributed by atoms with Crippen LogP contribution >= 0.6 is 0 Å². The molecule has 3 aromatic rings. The molecule has 0 spiro atoms. The summed E-state index contributed by atoms with van der Waals surface area (Å²) >= 11 is 0. The van der Waals surface area contributed by atoms with Crippen LogP contribution in [0.5, 0.6) is 5.75 Å². The van der Waals surface area contributed by atoms with Crippen molar-refractivity contribution in [1.82, 2.24) is 10.1 Å². The van der Waals surface area contributed by atoms with Crippen molar-refractivity contribution in [3.8, 4) is 5.75 Å². The molecule has 0 radical (unpaired) electrons. The number of nitrogens with one attached hydrogen (secondary N) is 1. The number of unbranched alkanes of at least 4 members (excludes halogenated alkanes) is 1. The zero-order valence-corrected chi connectivity index (χ0v) is 12.4. The largest absolute Gasteiger partial charge is 0.493 e. The number of nitrogens with zero attached hydrogens (tertiary/aromatic N) is 2. The summed E-state index contributed by atoms with van der Waals surface area (Å²) in [5, 5.41) is 3.93. The lowest BCUT2D eigenvalue weighted by molar-refractivity contribution is -0.751. The van der Waals surface area contributed by atoms with E-state index < -0.39 is 0 Å². The van der Waals surface area contributed by atoms with E-state index in [1.54, 1.807) is 18.7 Å². The van der Waals surface area contributed by atoms with E-state index in [0.29, 0.717) is 12.2 Å². The second-order valence-electron chi connectivity index (χ2n) is 5.18. The minimum absolute atomic E-state index is 0.335. The fourth-order valence-corrected chi connectivity index (χ4v) is 2.35. The van der Waals surface area contributed by atoms with Gasteiger partial charge in [0.05, 0.1) is 6.61 Å². The number of H-pyrrole nitrogens is 1. The third-order valence-corrected chi connectivity index (χ3v) is 3.49. The lowest BCUT2D eigenvalue weighted by atomic mass is 10.1. The zero-order chi connectivity index (χ0) is 15.4. The Bertz CT molecular complexity index is 809. The van der Waals surface area contributed by atoms with Crippen LogP contribution in [0.2, 0.25) is 0 Å². The Morgan fingerprint density at radius 2 is 2.23 bits per heavy atom. The van der Waals surface area contributed by atoms with Crippen molar-refractivity contribution in [3.63, 3.8) is 0 Å². The van der Waals surface area contributed by atoms with Gasteiger partial charge >= 0.3 is 12.0 Å². The van der Waals surface area contributed by atoms with E-state index in [0.717, 1.165) is 36.1 Å². The Kier molecular flexibility index (Phi) is 4.18. The molecule has 0 saturated heterocycles. The molecule has 6 heteroatoms. The third kappa shape index (κ3) is 3.33. The Balaban J connectivity index is 1.56. The normalized spacial score (nSPS) is 11.0. The van der Waals surface area contributed by atoms with Gasteiger partial charge in [-0.1, -0.05) is 0 Å². The minimum Gasteiger partial charge on any atom is -0.493 e. The molecule has 2 aromatic heterocycles. The van der Waals surface area contributed by atoms with Gasteiger partial charge in [0, 0.05) is 17.5 Å². The van der Waals surface area contributed by atoms with Crippen LogP contribution in [-0.2, 0) is 6.54 Å². The van der Waals surface area contributed by atoms with Crippen LogP contribution in [0.15, 0.2) is 46.1 Å². The summed E-state index contributed by atoms with van der Waals surface area (Å²) in [6.07, 6.45) is 5.34. The highest BCUT2D eigenvalue weighted by Gasteiger charge is 2.04. The van der Waals surface area contributed by atoms with E-state index in [-0.39, 0.29) is 5.63 Å². The molecule has 114 valence electrons. The third-order valence-electron chi connectivity index (χ3n) is 3.49. The summed E-state index contributed by atoms with van der Waals surface area (Å²) in [6.45, 7) is 3.40. The first-order chi connectivity index (χ1) is 10.7. The van der Waals surface area contributed by atoms with Crippen LogP contribution in [0.4, 0.5) is 0 Å². The maximum atomic E-state index is 11.4. The Hall–Kier alpha value is -2.63. The number of fused-ring (bicyclic) bond motifs is 1. The van der Waals surface area contributed by atoms with Crippen LogP contribution in [0, 0.1) is 6.92 Å².